The fraction of sp³-hybridized carbons (Fsp3) is 0.350. The molecule has 0 aliphatic carbocycles. The molecule has 0 amide bonds. The third kappa shape index (κ3) is 5.58. The van der Waals surface area contributed by atoms with Crippen LogP contribution in [-0.2, 0) is 11.2 Å². The SMILES string of the molecule is CCOc1ccccc1OCCOc1c(CCC(=O)O)cccc1OC. The average molecular weight is 360 g/mol. The highest BCUT2D eigenvalue weighted by Gasteiger charge is 2.12. The Labute approximate surface area is 153 Å². The molecule has 0 heterocycles. The Morgan fingerprint density at radius 1 is 0.923 bits per heavy atom. The van der Waals surface area contributed by atoms with Gasteiger partial charge < -0.3 is 24.1 Å². The van der Waals surface area contributed by atoms with E-state index in [1.54, 1.807) is 13.2 Å². The Morgan fingerprint density at radius 3 is 2.23 bits per heavy atom. The van der Waals surface area contributed by atoms with Crippen LogP contribution >= 0.6 is 0 Å². The number of benzene rings is 2. The van der Waals surface area contributed by atoms with E-state index in [1.165, 1.54) is 0 Å². The van der Waals surface area contributed by atoms with Gasteiger partial charge in [0.2, 0.25) is 0 Å². The molecule has 6 nitrogen and oxygen atoms in total. The molecule has 1 N–H and O–H groups in total. The van der Waals surface area contributed by atoms with Crippen molar-refractivity contribution in [3.8, 4) is 23.0 Å². The van der Waals surface area contributed by atoms with Crippen LogP contribution in [0.25, 0.3) is 0 Å². The van der Waals surface area contributed by atoms with E-state index in [0.717, 1.165) is 5.56 Å². The molecule has 140 valence electrons. The number of carbonyl (C=O) groups is 1. The van der Waals surface area contributed by atoms with E-state index in [1.807, 2.05) is 43.3 Å². The lowest BCUT2D eigenvalue weighted by atomic mass is 10.1. The number of carboxylic acid groups (broad SMARTS) is 1. The molecule has 0 bridgehead atoms. The number of rotatable bonds is 11. The molecule has 26 heavy (non-hydrogen) atoms. The minimum Gasteiger partial charge on any atom is -0.493 e. The molecule has 0 saturated carbocycles. The summed E-state index contributed by atoms with van der Waals surface area (Å²) in [5, 5.41) is 8.90. The fourth-order valence-electron chi connectivity index (χ4n) is 2.46. The number of para-hydroxylation sites is 3. The lowest BCUT2D eigenvalue weighted by Crippen LogP contribution is -2.11. The van der Waals surface area contributed by atoms with Gasteiger partial charge in [-0.05, 0) is 37.1 Å². The standard InChI is InChI=1S/C20H24O6/c1-3-24-16-8-4-5-9-17(16)25-13-14-26-20-15(11-12-19(21)22)7-6-10-18(20)23-2/h4-10H,3,11-14H2,1-2H3,(H,21,22). The summed E-state index contributed by atoms with van der Waals surface area (Å²) in [6.45, 7) is 3.09. The molecular formula is C20H24O6. The molecule has 0 aromatic heterocycles. The first-order valence-electron chi connectivity index (χ1n) is 8.50. The first-order chi connectivity index (χ1) is 12.7. The van der Waals surface area contributed by atoms with Gasteiger partial charge in [-0.25, -0.2) is 0 Å². The third-order valence-electron chi connectivity index (χ3n) is 3.62. The van der Waals surface area contributed by atoms with Crippen molar-refractivity contribution in [1.29, 1.82) is 0 Å². The molecule has 0 radical (unpaired) electrons. The molecular weight excluding hydrogens is 336 g/mol. The van der Waals surface area contributed by atoms with Gasteiger partial charge in [-0.1, -0.05) is 24.3 Å². The Balaban J connectivity index is 1.97. The summed E-state index contributed by atoms with van der Waals surface area (Å²) in [6, 6.07) is 12.9. The zero-order chi connectivity index (χ0) is 18.8. The molecule has 0 spiro atoms. The molecule has 0 fully saturated rings. The molecule has 0 aliphatic rings. The van der Waals surface area contributed by atoms with E-state index in [4.69, 9.17) is 24.1 Å². The number of aryl methyl sites for hydroxylation is 1. The van der Waals surface area contributed by atoms with Crippen molar-refractivity contribution in [2.24, 2.45) is 0 Å². The first-order valence-corrected chi connectivity index (χ1v) is 8.50. The maximum absolute atomic E-state index is 10.8. The van der Waals surface area contributed by atoms with Crippen molar-refractivity contribution in [1.82, 2.24) is 0 Å². The van der Waals surface area contributed by atoms with E-state index in [-0.39, 0.29) is 6.42 Å². The highest BCUT2D eigenvalue weighted by atomic mass is 16.5. The van der Waals surface area contributed by atoms with Crippen molar-refractivity contribution >= 4 is 5.97 Å². The Bertz CT molecular complexity index is 713. The Morgan fingerprint density at radius 2 is 1.58 bits per heavy atom. The van der Waals surface area contributed by atoms with Crippen LogP contribution in [0.4, 0.5) is 0 Å². The second-order valence-corrected chi connectivity index (χ2v) is 5.42. The molecule has 0 unspecified atom stereocenters. The number of hydrogen-bond acceptors (Lipinski definition) is 5. The van der Waals surface area contributed by atoms with Gasteiger partial charge in [0.15, 0.2) is 23.0 Å². The number of carboxylic acids is 1. The summed E-state index contributed by atoms with van der Waals surface area (Å²) in [7, 11) is 1.55. The van der Waals surface area contributed by atoms with Gasteiger partial charge >= 0.3 is 5.97 Å². The normalized spacial score (nSPS) is 10.2. The van der Waals surface area contributed by atoms with Crippen LogP contribution in [0.1, 0.15) is 18.9 Å². The van der Waals surface area contributed by atoms with Crippen LogP contribution in [0.3, 0.4) is 0 Å². The summed E-state index contributed by atoms with van der Waals surface area (Å²) >= 11 is 0. The molecule has 0 saturated heterocycles. The van der Waals surface area contributed by atoms with Gasteiger partial charge in [0.1, 0.15) is 13.2 Å². The molecule has 2 rings (SSSR count). The summed E-state index contributed by atoms with van der Waals surface area (Å²) in [6.07, 6.45) is 0.400. The Hall–Kier alpha value is -2.89. The van der Waals surface area contributed by atoms with Crippen LogP contribution in [0.2, 0.25) is 0 Å². The van der Waals surface area contributed by atoms with Gasteiger partial charge in [0, 0.05) is 6.42 Å². The monoisotopic (exact) mass is 360 g/mol. The van der Waals surface area contributed by atoms with Crippen LogP contribution in [0.15, 0.2) is 42.5 Å². The lowest BCUT2D eigenvalue weighted by molar-refractivity contribution is -0.136. The number of methoxy groups -OCH3 is 1. The molecule has 0 atom stereocenters. The van der Waals surface area contributed by atoms with Gasteiger partial charge in [0.25, 0.3) is 0 Å². The topological polar surface area (TPSA) is 74.2 Å². The van der Waals surface area contributed by atoms with Gasteiger partial charge in [-0.2, -0.15) is 0 Å². The summed E-state index contributed by atoms with van der Waals surface area (Å²) in [5.41, 5.74) is 0.793. The highest BCUT2D eigenvalue weighted by Crippen LogP contribution is 2.32. The van der Waals surface area contributed by atoms with E-state index in [9.17, 15) is 4.79 Å². The van der Waals surface area contributed by atoms with E-state index < -0.39 is 5.97 Å². The van der Waals surface area contributed by atoms with Crippen LogP contribution in [0, 0.1) is 0 Å². The number of ether oxygens (including phenoxy) is 4. The van der Waals surface area contributed by atoms with Crippen LogP contribution < -0.4 is 18.9 Å². The van der Waals surface area contributed by atoms with E-state index in [0.29, 0.717) is 49.2 Å². The minimum atomic E-state index is -0.852. The zero-order valence-electron chi connectivity index (χ0n) is 15.1. The molecule has 2 aromatic rings. The zero-order valence-corrected chi connectivity index (χ0v) is 15.1. The van der Waals surface area contributed by atoms with Crippen molar-refractivity contribution < 1.29 is 28.8 Å². The molecule has 2 aromatic carbocycles. The highest BCUT2D eigenvalue weighted by molar-refractivity contribution is 5.67. The van der Waals surface area contributed by atoms with Crippen molar-refractivity contribution in [2.45, 2.75) is 19.8 Å². The maximum atomic E-state index is 10.8. The quantitative estimate of drug-likeness (QED) is 0.618. The summed E-state index contributed by atoms with van der Waals surface area (Å²) in [4.78, 5) is 10.8. The third-order valence-corrected chi connectivity index (χ3v) is 3.62. The molecule has 6 heteroatoms. The smallest absolute Gasteiger partial charge is 0.303 e. The lowest BCUT2D eigenvalue weighted by Gasteiger charge is -2.16. The van der Waals surface area contributed by atoms with Crippen molar-refractivity contribution in [2.75, 3.05) is 26.9 Å². The van der Waals surface area contributed by atoms with Crippen LogP contribution in [-0.4, -0.2) is 38.0 Å². The fourth-order valence-corrected chi connectivity index (χ4v) is 2.46. The predicted molar refractivity (Wildman–Crippen MR) is 97.6 cm³/mol. The predicted octanol–water partition coefficient (Wildman–Crippen LogP) is 3.57. The maximum Gasteiger partial charge on any atom is 0.303 e. The van der Waals surface area contributed by atoms with E-state index >= 15 is 0 Å². The second-order valence-electron chi connectivity index (χ2n) is 5.42. The largest absolute Gasteiger partial charge is 0.493 e. The average Bonchev–Trinajstić information content (AvgIpc) is 2.65. The van der Waals surface area contributed by atoms with E-state index in [2.05, 4.69) is 0 Å². The number of hydrogen-bond donors (Lipinski definition) is 1. The summed E-state index contributed by atoms with van der Waals surface area (Å²) < 4.78 is 22.4. The van der Waals surface area contributed by atoms with Gasteiger partial charge in [0.05, 0.1) is 13.7 Å². The Kier molecular flexibility index (Phi) is 7.61. The number of aliphatic carboxylic acids is 1. The summed E-state index contributed by atoms with van der Waals surface area (Å²) in [5.74, 6) is 1.62. The molecule has 0 aliphatic heterocycles. The van der Waals surface area contributed by atoms with Gasteiger partial charge in [-0.15, -0.1) is 0 Å². The van der Waals surface area contributed by atoms with Gasteiger partial charge in [-0.3, -0.25) is 4.79 Å². The second kappa shape index (κ2) is 10.2. The van der Waals surface area contributed by atoms with Crippen molar-refractivity contribution in [3.63, 3.8) is 0 Å². The minimum absolute atomic E-state index is 0.0295. The van der Waals surface area contributed by atoms with Crippen LogP contribution in [0.5, 0.6) is 23.0 Å². The van der Waals surface area contributed by atoms with Crippen molar-refractivity contribution in [3.05, 3.63) is 48.0 Å². The first kappa shape index (κ1) is 19.4.